The van der Waals surface area contributed by atoms with Crippen LogP contribution in [0.5, 0.6) is 0 Å². The Hall–Kier alpha value is -3.84. The summed E-state index contributed by atoms with van der Waals surface area (Å²) in [5, 5.41) is 5.27. The summed E-state index contributed by atoms with van der Waals surface area (Å²) in [4.78, 5) is 39.3. The summed E-state index contributed by atoms with van der Waals surface area (Å²) >= 11 is 0.855. The summed E-state index contributed by atoms with van der Waals surface area (Å²) in [6, 6.07) is 21.2. The lowest BCUT2D eigenvalue weighted by molar-refractivity contribution is -0.127. The predicted molar refractivity (Wildman–Crippen MR) is 128 cm³/mol. The summed E-state index contributed by atoms with van der Waals surface area (Å²) in [5.74, 6) is -0.879. The Balaban J connectivity index is 1.36. The topological polar surface area (TPSA) is 71.4 Å². The first-order valence-corrected chi connectivity index (χ1v) is 10.9. The number of amides is 3. The monoisotopic (exact) mass is 441 g/mol. The average molecular weight is 442 g/mol. The second-order valence-corrected chi connectivity index (χ2v) is 8.55. The third-order valence-corrected chi connectivity index (χ3v) is 6.36. The van der Waals surface area contributed by atoms with Gasteiger partial charge in [-0.25, -0.2) is 0 Å². The van der Waals surface area contributed by atoms with E-state index in [4.69, 9.17) is 0 Å². The van der Waals surface area contributed by atoms with Crippen molar-refractivity contribution in [3.8, 4) is 0 Å². The molecule has 1 aliphatic rings. The number of aryl methyl sites for hydroxylation is 1. The normalized spacial score (nSPS) is 15.3. The van der Waals surface area contributed by atoms with E-state index in [0.29, 0.717) is 10.6 Å². The van der Waals surface area contributed by atoms with Gasteiger partial charge in [0.05, 0.1) is 4.91 Å². The molecule has 3 amide bonds. The van der Waals surface area contributed by atoms with Gasteiger partial charge in [-0.15, -0.1) is 0 Å². The van der Waals surface area contributed by atoms with Gasteiger partial charge in [0, 0.05) is 40.8 Å². The number of aromatic nitrogens is 1. The molecule has 0 atom stereocenters. The molecule has 7 heteroatoms. The van der Waals surface area contributed by atoms with Crippen LogP contribution in [0.3, 0.4) is 0 Å². The first kappa shape index (κ1) is 20.1. The molecule has 3 aromatic carbocycles. The van der Waals surface area contributed by atoms with Gasteiger partial charge in [0.15, 0.2) is 0 Å². The van der Waals surface area contributed by atoms with Crippen LogP contribution >= 0.6 is 11.8 Å². The van der Waals surface area contributed by atoms with E-state index in [1.54, 1.807) is 12.1 Å². The maximum Gasteiger partial charge on any atom is 0.294 e. The van der Waals surface area contributed by atoms with Crippen LogP contribution in [0.4, 0.5) is 10.5 Å². The molecule has 0 saturated carbocycles. The van der Waals surface area contributed by atoms with E-state index < -0.39 is 17.1 Å². The standard InChI is InChI=1S/C25H19N3O3S/c1-27-14-17(19-10-4-5-12-21(19)27)13-22-24(30)28(25(31)32-22)15-23(29)26-20-11-6-8-16-7-2-3-9-18(16)20/h2-14H,15H2,1H3,(H,26,29)/b22-13+. The van der Waals surface area contributed by atoms with E-state index in [2.05, 4.69) is 5.32 Å². The average Bonchev–Trinajstić information content (AvgIpc) is 3.25. The van der Waals surface area contributed by atoms with Gasteiger partial charge < -0.3 is 9.88 Å². The van der Waals surface area contributed by atoms with Gasteiger partial charge in [0.25, 0.3) is 11.1 Å². The van der Waals surface area contributed by atoms with E-state index >= 15 is 0 Å². The van der Waals surface area contributed by atoms with E-state index in [1.165, 1.54) is 0 Å². The number of carbonyl (C=O) groups is 3. The molecule has 0 spiro atoms. The molecule has 1 aliphatic heterocycles. The third kappa shape index (κ3) is 3.56. The van der Waals surface area contributed by atoms with Crippen LogP contribution in [0.25, 0.3) is 27.8 Å². The van der Waals surface area contributed by atoms with Gasteiger partial charge in [-0.1, -0.05) is 54.6 Å². The number of para-hydroxylation sites is 1. The van der Waals surface area contributed by atoms with Gasteiger partial charge in [-0.05, 0) is 35.4 Å². The molecule has 4 aromatic rings. The number of hydrogen-bond acceptors (Lipinski definition) is 4. The van der Waals surface area contributed by atoms with Crippen molar-refractivity contribution in [3.05, 3.63) is 83.4 Å². The number of fused-ring (bicyclic) bond motifs is 2. The highest BCUT2D eigenvalue weighted by Gasteiger charge is 2.36. The number of thioether (sulfide) groups is 1. The van der Waals surface area contributed by atoms with Crippen LogP contribution in [0.2, 0.25) is 0 Å². The molecule has 0 aliphatic carbocycles. The molecule has 32 heavy (non-hydrogen) atoms. The summed E-state index contributed by atoms with van der Waals surface area (Å²) in [7, 11) is 1.93. The lowest BCUT2D eigenvalue weighted by Crippen LogP contribution is -2.36. The number of nitrogens with one attached hydrogen (secondary N) is 1. The molecule has 5 rings (SSSR count). The van der Waals surface area contributed by atoms with Crippen LogP contribution in [-0.2, 0) is 16.6 Å². The molecule has 0 unspecified atom stereocenters. The Morgan fingerprint density at radius 1 is 0.969 bits per heavy atom. The number of anilines is 1. The number of nitrogens with zero attached hydrogens (tertiary/aromatic N) is 2. The molecule has 1 saturated heterocycles. The summed E-state index contributed by atoms with van der Waals surface area (Å²) in [6.45, 7) is -0.333. The molecular formula is C25H19N3O3S. The van der Waals surface area contributed by atoms with Crippen molar-refractivity contribution in [2.75, 3.05) is 11.9 Å². The van der Waals surface area contributed by atoms with Crippen molar-refractivity contribution in [1.29, 1.82) is 0 Å². The first-order valence-electron chi connectivity index (χ1n) is 10.1. The Bertz CT molecular complexity index is 1430. The fourth-order valence-corrected chi connectivity index (χ4v) is 4.76. The van der Waals surface area contributed by atoms with Crippen molar-refractivity contribution in [2.45, 2.75) is 0 Å². The van der Waals surface area contributed by atoms with E-state index in [-0.39, 0.29) is 6.54 Å². The zero-order valence-corrected chi connectivity index (χ0v) is 18.1. The number of carbonyl (C=O) groups excluding carboxylic acids is 3. The molecule has 1 aromatic heterocycles. The Labute approximate surface area is 188 Å². The molecule has 0 radical (unpaired) electrons. The van der Waals surface area contributed by atoms with Crippen molar-refractivity contribution >= 4 is 62.3 Å². The van der Waals surface area contributed by atoms with Crippen LogP contribution < -0.4 is 5.32 Å². The second-order valence-electron chi connectivity index (χ2n) is 7.56. The Morgan fingerprint density at radius 2 is 1.69 bits per heavy atom. The van der Waals surface area contributed by atoms with Crippen molar-refractivity contribution in [2.24, 2.45) is 7.05 Å². The smallest absolute Gasteiger partial charge is 0.294 e. The first-order chi connectivity index (χ1) is 15.5. The predicted octanol–water partition coefficient (Wildman–Crippen LogP) is 5.01. The SMILES string of the molecule is Cn1cc(/C=C2/SC(=O)N(CC(=O)Nc3cccc4ccccc34)C2=O)c2ccccc21. The molecule has 158 valence electrons. The van der Waals surface area contributed by atoms with Crippen molar-refractivity contribution in [1.82, 2.24) is 9.47 Å². The molecule has 0 bridgehead atoms. The maximum atomic E-state index is 12.9. The number of benzene rings is 3. The van der Waals surface area contributed by atoms with Gasteiger partial charge in [-0.2, -0.15) is 0 Å². The van der Waals surface area contributed by atoms with Crippen LogP contribution in [-0.4, -0.2) is 33.1 Å². The maximum absolute atomic E-state index is 12.9. The van der Waals surface area contributed by atoms with Gasteiger partial charge in [0.1, 0.15) is 6.54 Å². The number of imide groups is 1. The lowest BCUT2D eigenvalue weighted by atomic mass is 10.1. The largest absolute Gasteiger partial charge is 0.350 e. The van der Waals surface area contributed by atoms with Crippen LogP contribution in [0.1, 0.15) is 5.56 Å². The zero-order valence-electron chi connectivity index (χ0n) is 17.2. The number of rotatable bonds is 4. The van der Waals surface area contributed by atoms with Crippen molar-refractivity contribution < 1.29 is 14.4 Å². The minimum absolute atomic E-state index is 0.310. The molecular weight excluding hydrogens is 422 g/mol. The zero-order chi connectivity index (χ0) is 22.2. The molecule has 1 N–H and O–H groups in total. The van der Waals surface area contributed by atoms with E-state index in [0.717, 1.165) is 43.9 Å². The minimum atomic E-state index is -0.457. The minimum Gasteiger partial charge on any atom is -0.350 e. The van der Waals surface area contributed by atoms with Gasteiger partial charge >= 0.3 is 0 Å². The Kier molecular flexibility index (Phi) is 5.03. The Morgan fingerprint density at radius 3 is 2.53 bits per heavy atom. The van der Waals surface area contributed by atoms with Crippen LogP contribution in [0, 0.1) is 0 Å². The number of hydrogen-bond donors (Lipinski definition) is 1. The van der Waals surface area contributed by atoms with E-state index in [9.17, 15) is 14.4 Å². The second kappa shape index (κ2) is 8.01. The fraction of sp³-hybridized carbons (Fsp3) is 0.0800. The third-order valence-electron chi connectivity index (χ3n) is 5.45. The van der Waals surface area contributed by atoms with Gasteiger partial charge in [0.2, 0.25) is 5.91 Å². The molecule has 2 heterocycles. The van der Waals surface area contributed by atoms with Gasteiger partial charge in [-0.3, -0.25) is 19.3 Å². The highest BCUT2D eigenvalue weighted by Crippen LogP contribution is 2.34. The molecule has 6 nitrogen and oxygen atoms in total. The van der Waals surface area contributed by atoms with Crippen LogP contribution in [0.15, 0.2) is 77.8 Å². The molecule has 1 fully saturated rings. The highest BCUT2D eigenvalue weighted by molar-refractivity contribution is 8.18. The quantitative estimate of drug-likeness (QED) is 0.452. The van der Waals surface area contributed by atoms with Crippen molar-refractivity contribution in [3.63, 3.8) is 0 Å². The summed E-state index contributed by atoms with van der Waals surface area (Å²) in [6.07, 6.45) is 3.64. The summed E-state index contributed by atoms with van der Waals surface area (Å²) < 4.78 is 1.98. The fourth-order valence-electron chi connectivity index (χ4n) is 3.93. The highest BCUT2D eigenvalue weighted by atomic mass is 32.2. The lowest BCUT2D eigenvalue weighted by Gasteiger charge is -2.13. The van der Waals surface area contributed by atoms with E-state index in [1.807, 2.05) is 78.5 Å². The summed E-state index contributed by atoms with van der Waals surface area (Å²) in [5.41, 5.74) is 2.53.